The molecule has 0 bridgehead atoms. The molecule has 1 aromatic heterocycles. The van der Waals surface area contributed by atoms with Crippen LogP contribution in [0, 0.1) is 5.92 Å². The lowest BCUT2D eigenvalue weighted by Gasteiger charge is -2.31. The number of hydrogen-bond acceptors (Lipinski definition) is 5. The lowest BCUT2D eigenvalue weighted by atomic mass is 9.96. The van der Waals surface area contributed by atoms with Gasteiger partial charge in [0.2, 0.25) is 0 Å². The number of aliphatic hydroxyl groups is 1. The molecule has 3 atom stereocenters. The first-order valence-corrected chi connectivity index (χ1v) is 8.98. The summed E-state index contributed by atoms with van der Waals surface area (Å²) >= 11 is 1.83. The lowest BCUT2D eigenvalue weighted by molar-refractivity contribution is 0.256. The van der Waals surface area contributed by atoms with Gasteiger partial charge in [-0.2, -0.15) is 5.10 Å². The van der Waals surface area contributed by atoms with E-state index in [-0.39, 0.29) is 12.8 Å². The van der Waals surface area contributed by atoms with Crippen molar-refractivity contribution in [1.82, 2.24) is 15.1 Å². The zero-order valence-corrected chi connectivity index (χ0v) is 14.0. The summed E-state index contributed by atoms with van der Waals surface area (Å²) in [5.41, 5.74) is 2.28. The van der Waals surface area contributed by atoms with Gasteiger partial charge >= 0.3 is 0 Å². The second kappa shape index (κ2) is 6.98. The average molecular weight is 320 g/mol. The first-order valence-electron chi connectivity index (χ1n) is 8.04. The molecule has 0 fully saturated rings. The molecule has 5 nitrogen and oxygen atoms in total. The molecule has 0 spiro atoms. The number of thioether (sulfide) groups is 1. The number of allylic oxidation sites excluding steroid dienone is 1. The number of aromatic nitrogens is 2. The topological polar surface area (TPSA) is 62.4 Å². The van der Waals surface area contributed by atoms with Crippen molar-refractivity contribution in [3.63, 3.8) is 0 Å². The van der Waals surface area contributed by atoms with Crippen LogP contribution in [0.5, 0.6) is 0 Å². The van der Waals surface area contributed by atoms with Gasteiger partial charge in [-0.3, -0.25) is 5.32 Å². The van der Waals surface area contributed by atoms with Crippen LogP contribution < -0.4 is 5.32 Å². The molecular formula is C16H24N4OS. The minimum absolute atomic E-state index is 0.136. The van der Waals surface area contributed by atoms with E-state index in [0.717, 1.165) is 37.3 Å². The van der Waals surface area contributed by atoms with Gasteiger partial charge in [0.1, 0.15) is 6.17 Å². The number of fused-ring (bicyclic) bond motifs is 1. The van der Waals surface area contributed by atoms with Gasteiger partial charge in [-0.05, 0) is 38.1 Å². The normalized spacial score (nSPS) is 27.0. The number of hydrogen-bond donors (Lipinski definition) is 2. The quantitative estimate of drug-likeness (QED) is 0.790. The Balaban J connectivity index is 1.87. The molecule has 0 saturated carbocycles. The van der Waals surface area contributed by atoms with Crippen LogP contribution in [0.1, 0.15) is 50.2 Å². The fourth-order valence-corrected chi connectivity index (χ4v) is 4.05. The van der Waals surface area contributed by atoms with Gasteiger partial charge in [-0.1, -0.05) is 13.0 Å². The van der Waals surface area contributed by atoms with Crippen molar-refractivity contribution in [3.05, 3.63) is 23.2 Å². The Morgan fingerprint density at radius 2 is 2.36 bits per heavy atom. The maximum absolute atomic E-state index is 9.02. The van der Waals surface area contributed by atoms with Gasteiger partial charge in [0, 0.05) is 24.3 Å². The highest BCUT2D eigenvalue weighted by Crippen LogP contribution is 2.41. The molecule has 0 saturated heterocycles. The van der Waals surface area contributed by atoms with E-state index in [1.54, 1.807) is 0 Å². The summed E-state index contributed by atoms with van der Waals surface area (Å²) < 4.78 is 2.05. The Morgan fingerprint density at radius 3 is 3.05 bits per heavy atom. The fraction of sp³-hybridized carbons (Fsp3) is 0.625. The zero-order valence-electron chi connectivity index (χ0n) is 13.2. The Kier molecular flexibility index (Phi) is 5.00. The number of nitrogens with one attached hydrogen (secondary N) is 1. The maximum Gasteiger partial charge on any atom is 0.152 e. The van der Waals surface area contributed by atoms with E-state index < -0.39 is 0 Å². The Bertz CT molecular complexity index is 573. The third kappa shape index (κ3) is 3.00. The predicted octanol–water partition coefficient (Wildman–Crippen LogP) is 3.18. The Morgan fingerprint density at radius 1 is 1.50 bits per heavy atom. The summed E-state index contributed by atoms with van der Waals surface area (Å²) in [4.78, 5) is 4.77. The number of nitrogens with zero attached hydrogens (tertiary/aromatic N) is 3. The van der Waals surface area contributed by atoms with E-state index in [1.165, 1.54) is 5.71 Å². The summed E-state index contributed by atoms with van der Waals surface area (Å²) in [7, 11) is 0. The van der Waals surface area contributed by atoms with E-state index in [2.05, 4.69) is 36.7 Å². The Hall–Kier alpha value is -1.11. The summed E-state index contributed by atoms with van der Waals surface area (Å²) in [6.07, 6.45) is 5.17. The van der Waals surface area contributed by atoms with Crippen LogP contribution in [-0.2, 0) is 0 Å². The molecular weight excluding hydrogens is 296 g/mol. The van der Waals surface area contributed by atoms with Crippen molar-refractivity contribution >= 4 is 23.3 Å². The van der Waals surface area contributed by atoms with Crippen molar-refractivity contribution in [3.8, 4) is 0 Å². The fourth-order valence-electron chi connectivity index (χ4n) is 3.16. The molecule has 0 aromatic carbocycles. The van der Waals surface area contributed by atoms with E-state index in [4.69, 9.17) is 15.2 Å². The smallest absolute Gasteiger partial charge is 0.152 e. The standard InChI is InChI=1S/C16H24N4OS/c1-3-12-11(2)18-15-10-13(14-6-4-9-22-14)19-20(15)16(12)17-7-5-8-21/h4,9-10,12,14,16-17,21H,3,5-8H2,1-2H3. The van der Waals surface area contributed by atoms with Crippen molar-refractivity contribution in [1.29, 1.82) is 0 Å². The Labute approximate surface area is 135 Å². The van der Waals surface area contributed by atoms with Gasteiger partial charge < -0.3 is 5.11 Å². The monoisotopic (exact) mass is 320 g/mol. The number of aliphatic hydroxyl groups excluding tert-OH is 1. The molecule has 22 heavy (non-hydrogen) atoms. The van der Waals surface area contributed by atoms with Crippen LogP contribution in [0.15, 0.2) is 22.5 Å². The molecule has 1 aromatic rings. The molecule has 120 valence electrons. The van der Waals surface area contributed by atoms with Gasteiger partial charge in [0.05, 0.1) is 10.9 Å². The van der Waals surface area contributed by atoms with Crippen molar-refractivity contribution in [2.45, 2.75) is 44.5 Å². The molecule has 3 heterocycles. The maximum atomic E-state index is 9.02. The largest absolute Gasteiger partial charge is 0.396 e. The molecule has 2 N–H and O–H groups in total. The van der Waals surface area contributed by atoms with Crippen LogP contribution in [0.3, 0.4) is 0 Å². The summed E-state index contributed by atoms with van der Waals surface area (Å²) in [6.45, 7) is 5.30. The lowest BCUT2D eigenvalue weighted by Crippen LogP contribution is -2.39. The van der Waals surface area contributed by atoms with Crippen LogP contribution in [0.2, 0.25) is 0 Å². The van der Waals surface area contributed by atoms with Crippen LogP contribution in [-0.4, -0.2) is 33.8 Å². The minimum Gasteiger partial charge on any atom is -0.396 e. The second-order valence-corrected chi connectivity index (χ2v) is 6.96. The highest BCUT2D eigenvalue weighted by Gasteiger charge is 2.32. The summed E-state index contributed by atoms with van der Waals surface area (Å²) in [5, 5.41) is 20.0. The first kappa shape index (κ1) is 15.8. The first-order chi connectivity index (χ1) is 10.7. The zero-order chi connectivity index (χ0) is 15.5. The second-order valence-electron chi connectivity index (χ2n) is 5.85. The minimum atomic E-state index is 0.136. The molecule has 3 unspecified atom stereocenters. The highest BCUT2D eigenvalue weighted by molar-refractivity contribution is 8.02. The van der Waals surface area contributed by atoms with Crippen molar-refractivity contribution < 1.29 is 5.11 Å². The van der Waals surface area contributed by atoms with E-state index in [1.807, 2.05) is 16.4 Å². The molecule has 2 aliphatic heterocycles. The van der Waals surface area contributed by atoms with Crippen LogP contribution in [0.25, 0.3) is 0 Å². The van der Waals surface area contributed by atoms with Gasteiger partial charge in [0.15, 0.2) is 5.82 Å². The third-order valence-corrected chi connectivity index (χ3v) is 5.47. The molecule has 2 aliphatic rings. The number of aliphatic imine (C=N–C) groups is 1. The summed E-state index contributed by atoms with van der Waals surface area (Å²) in [6, 6.07) is 2.13. The average Bonchev–Trinajstić information content (AvgIpc) is 3.15. The van der Waals surface area contributed by atoms with Gasteiger partial charge in [-0.15, -0.1) is 11.8 Å². The molecule has 3 rings (SSSR count). The molecule has 0 radical (unpaired) electrons. The third-order valence-electron chi connectivity index (χ3n) is 4.35. The highest BCUT2D eigenvalue weighted by atomic mass is 32.2. The van der Waals surface area contributed by atoms with E-state index >= 15 is 0 Å². The van der Waals surface area contributed by atoms with Gasteiger partial charge in [0.25, 0.3) is 0 Å². The SMILES string of the molecule is CCC1C(C)=Nc2cc(C3CC=CS3)nn2C1NCCCO. The summed E-state index contributed by atoms with van der Waals surface area (Å²) in [5.74, 6) is 1.31. The van der Waals surface area contributed by atoms with E-state index in [9.17, 15) is 0 Å². The van der Waals surface area contributed by atoms with Gasteiger partial charge in [-0.25, -0.2) is 9.67 Å². The molecule has 6 heteroatoms. The number of rotatable bonds is 6. The van der Waals surface area contributed by atoms with Crippen molar-refractivity contribution in [2.24, 2.45) is 10.9 Å². The predicted molar refractivity (Wildman–Crippen MR) is 91.6 cm³/mol. The van der Waals surface area contributed by atoms with Crippen LogP contribution in [0.4, 0.5) is 5.82 Å². The van der Waals surface area contributed by atoms with Crippen molar-refractivity contribution in [2.75, 3.05) is 13.2 Å². The molecule has 0 aliphatic carbocycles. The van der Waals surface area contributed by atoms with E-state index in [0.29, 0.717) is 11.2 Å². The van der Waals surface area contributed by atoms with Crippen LogP contribution >= 0.6 is 11.8 Å². The molecule has 0 amide bonds.